The van der Waals surface area contributed by atoms with Gasteiger partial charge in [-0.25, -0.2) is 0 Å². The van der Waals surface area contributed by atoms with Crippen molar-refractivity contribution in [1.29, 1.82) is 0 Å². The Hall–Kier alpha value is -2.61. The van der Waals surface area contributed by atoms with Crippen LogP contribution < -0.4 is 5.32 Å². The topological polar surface area (TPSA) is 29.1 Å². The smallest absolute Gasteiger partial charge is 0.251 e. The molecule has 0 saturated carbocycles. The maximum atomic E-state index is 12.2. The van der Waals surface area contributed by atoms with Gasteiger partial charge in [-0.05, 0) is 35.4 Å². The van der Waals surface area contributed by atoms with Crippen LogP contribution in [-0.2, 0) is 6.54 Å². The molecule has 1 N–H and O–H groups in total. The van der Waals surface area contributed by atoms with Crippen molar-refractivity contribution >= 4 is 16.7 Å². The van der Waals surface area contributed by atoms with Crippen LogP contribution in [0.4, 0.5) is 0 Å². The summed E-state index contributed by atoms with van der Waals surface area (Å²) in [5.41, 5.74) is 3.02. The molecule has 0 spiro atoms. The molecule has 1 amide bonds. The van der Waals surface area contributed by atoms with Crippen LogP contribution in [0, 0.1) is 6.92 Å². The normalized spacial score (nSPS) is 10.5. The molecule has 0 unspecified atom stereocenters. The second-order valence-corrected chi connectivity index (χ2v) is 5.23. The molecule has 0 heterocycles. The van der Waals surface area contributed by atoms with Gasteiger partial charge in [0.2, 0.25) is 0 Å². The van der Waals surface area contributed by atoms with Crippen LogP contribution in [-0.4, -0.2) is 5.91 Å². The Morgan fingerprint density at radius 2 is 1.62 bits per heavy atom. The standard InChI is InChI=1S/C19H17NO/c1-14-6-8-15(9-7-14)13-20-19(21)18-11-10-16-4-2-3-5-17(16)12-18/h2-12H,13H2,1H3,(H,20,21). The number of carbonyl (C=O) groups is 1. The molecule has 0 bridgehead atoms. The Morgan fingerprint density at radius 3 is 2.38 bits per heavy atom. The van der Waals surface area contributed by atoms with Gasteiger partial charge >= 0.3 is 0 Å². The number of carbonyl (C=O) groups excluding carboxylic acids is 1. The third-order valence-electron chi connectivity index (χ3n) is 3.59. The summed E-state index contributed by atoms with van der Waals surface area (Å²) in [6.45, 7) is 2.60. The summed E-state index contributed by atoms with van der Waals surface area (Å²) in [5.74, 6) is -0.0404. The van der Waals surface area contributed by atoms with E-state index in [1.807, 2.05) is 54.6 Å². The van der Waals surface area contributed by atoms with Crippen LogP contribution in [0.25, 0.3) is 10.8 Å². The minimum Gasteiger partial charge on any atom is -0.348 e. The van der Waals surface area contributed by atoms with Crippen molar-refractivity contribution in [3.8, 4) is 0 Å². The largest absolute Gasteiger partial charge is 0.348 e. The minimum atomic E-state index is -0.0404. The van der Waals surface area contributed by atoms with Gasteiger partial charge in [-0.3, -0.25) is 4.79 Å². The predicted molar refractivity (Wildman–Crippen MR) is 86.3 cm³/mol. The van der Waals surface area contributed by atoms with E-state index < -0.39 is 0 Å². The van der Waals surface area contributed by atoms with Crippen molar-refractivity contribution in [1.82, 2.24) is 5.32 Å². The SMILES string of the molecule is Cc1ccc(CNC(=O)c2ccc3ccccc3c2)cc1. The summed E-state index contributed by atoms with van der Waals surface area (Å²) >= 11 is 0. The van der Waals surface area contributed by atoms with Gasteiger partial charge in [0.15, 0.2) is 0 Å². The van der Waals surface area contributed by atoms with Crippen LogP contribution in [0.1, 0.15) is 21.5 Å². The highest BCUT2D eigenvalue weighted by Gasteiger charge is 2.06. The Bertz CT molecular complexity index is 775. The van der Waals surface area contributed by atoms with Gasteiger partial charge in [0.25, 0.3) is 5.91 Å². The van der Waals surface area contributed by atoms with E-state index in [0.717, 1.165) is 16.3 Å². The molecule has 3 aromatic carbocycles. The third-order valence-corrected chi connectivity index (χ3v) is 3.59. The van der Waals surface area contributed by atoms with Crippen molar-refractivity contribution in [2.45, 2.75) is 13.5 Å². The van der Waals surface area contributed by atoms with Crippen LogP contribution in [0.15, 0.2) is 66.7 Å². The lowest BCUT2D eigenvalue weighted by molar-refractivity contribution is 0.0951. The predicted octanol–water partition coefficient (Wildman–Crippen LogP) is 4.08. The van der Waals surface area contributed by atoms with Crippen molar-refractivity contribution in [2.24, 2.45) is 0 Å². The summed E-state index contributed by atoms with van der Waals surface area (Å²) < 4.78 is 0. The summed E-state index contributed by atoms with van der Waals surface area (Å²) in [4.78, 5) is 12.2. The van der Waals surface area contributed by atoms with Gasteiger partial charge in [0, 0.05) is 12.1 Å². The molecular weight excluding hydrogens is 258 g/mol. The maximum Gasteiger partial charge on any atom is 0.251 e. The highest BCUT2D eigenvalue weighted by molar-refractivity contribution is 5.98. The fourth-order valence-corrected chi connectivity index (χ4v) is 2.32. The molecule has 0 aliphatic carbocycles. The lowest BCUT2D eigenvalue weighted by Gasteiger charge is -2.07. The molecule has 0 fully saturated rings. The van der Waals surface area contributed by atoms with Crippen LogP contribution >= 0.6 is 0 Å². The molecule has 0 saturated heterocycles. The number of rotatable bonds is 3. The zero-order valence-electron chi connectivity index (χ0n) is 12.0. The molecule has 3 rings (SSSR count). The van der Waals surface area contributed by atoms with Gasteiger partial charge < -0.3 is 5.32 Å². The van der Waals surface area contributed by atoms with E-state index in [1.54, 1.807) is 0 Å². The van der Waals surface area contributed by atoms with Gasteiger partial charge in [-0.1, -0.05) is 60.2 Å². The number of amides is 1. The molecule has 0 aliphatic heterocycles. The number of nitrogens with one attached hydrogen (secondary N) is 1. The Balaban J connectivity index is 1.73. The van der Waals surface area contributed by atoms with Gasteiger partial charge in [0.05, 0.1) is 0 Å². The summed E-state index contributed by atoms with van der Waals surface area (Å²) in [7, 11) is 0. The summed E-state index contributed by atoms with van der Waals surface area (Å²) in [6, 6.07) is 22.0. The molecule has 3 aromatic rings. The zero-order chi connectivity index (χ0) is 14.7. The Morgan fingerprint density at radius 1 is 0.905 bits per heavy atom. The number of hydrogen-bond donors (Lipinski definition) is 1. The molecule has 104 valence electrons. The molecule has 21 heavy (non-hydrogen) atoms. The molecule has 0 aromatic heterocycles. The van der Waals surface area contributed by atoms with E-state index in [-0.39, 0.29) is 5.91 Å². The second-order valence-electron chi connectivity index (χ2n) is 5.23. The average molecular weight is 275 g/mol. The monoisotopic (exact) mass is 275 g/mol. The minimum absolute atomic E-state index is 0.0404. The average Bonchev–Trinajstić information content (AvgIpc) is 2.53. The number of benzene rings is 3. The second kappa shape index (κ2) is 5.80. The van der Waals surface area contributed by atoms with E-state index in [2.05, 4.69) is 24.4 Å². The van der Waals surface area contributed by atoms with Crippen LogP contribution in [0.3, 0.4) is 0 Å². The van der Waals surface area contributed by atoms with Crippen molar-refractivity contribution in [2.75, 3.05) is 0 Å². The quantitative estimate of drug-likeness (QED) is 0.766. The lowest BCUT2D eigenvalue weighted by Crippen LogP contribution is -2.22. The number of aryl methyl sites for hydroxylation is 1. The molecule has 2 heteroatoms. The van der Waals surface area contributed by atoms with Crippen molar-refractivity contribution in [3.63, 3.8) is 0 Å². The fraction of sp³-hybridized carbons (Fsp3) is 0.105. The van der Waals surface area contributed by atoms with Crippen LogP contribution in [0.2, 0.25) is 0 Å². The van der Waals surface area contributed by atoms with Crippen molar-refractivity contribution in [3.05, 3.63) is 83.4 Å². The first-order valence-electron chi connectivity index (χ1n) is 7.05. The Kier molecular flexibility index (Phi) is 3.69. The number of hydrogen-bond acceptors (Lipinski definition) is 1. The van der Waals surface area contributed by atoms with Gasteiger partial charge in [-0.15, -0.1) is 0 Å². The maximum absolute atomic E-state index is 12.2. The third kappa shape index (κ3) is 3.11. The van der Waals surface area contributed by atoms with E-state index in [9.17, 15) is 4.79 Å². The van der Waals surface area contributed by atoms with Crippen molar-refractivity contribution < 1.29 is 4.79 Å². The highest BCUT2D eigenvalue weighted by atomic mass is 16.1. The molecule has 0 radical (unpaired) electrons. The van der Waals surface area contributed by atoms with Crippen LogP contribution in [0.5, 0.6) is 0 Å². The summed E-state index contributed by atoms with van der Waals surface area (Å²) in [6.07, 6.45) is 0. The molecule has 0 atom stereocenters. The number of fused-ring (bicyclic) bond motifs is 1. The van der Waals surface area contributed by atoms with E-state index >= 15 is 0 Å². The Labute approximate surface area is 124 Å². The summed E-state index contributed by atoms with van der Waals surface area (Å²) in [5, 5.41) is 5.19. The molecule has 2 nitrogen and oxygen atoms in total. The molecular formula is C19H17NO. The van der Waals surface area contributed by atoms with E-state index in [0.29, 0.717) is 12.1 Å². The first-order valence-corrected chi connectivity index (χ1v) is 7.05. The highest BCUT2D eigenvalue weighted by Crippen LogP contribution is 2.15. The van der Waals surface area contributed by atoms with E-state index in [1.165, 1.54) is 5.56 Å². The first-order chi connectivity index (χ1) is 10.2. The lowest BCUT2D eigenvalue weighted by atomic mass is 10.1. The zero-order valence-corrected chi connectivity index (χ0v) is 12.0. The first kappa shape index (κ1) is 13.4. The molecule has 0 aliphatic rings. The fourth-order valence-electron chi connectivity index (χ4n) is 2.32. The van der Waals surface area contributed by atoms with Gasteiger partial charge in [-0.2, -0.15) is 0 Å². The van der Waals surface area contributed by atoms with E-state index in [4.69, 9.17) is 0 Å². The van der Waals surface area contributed by atoms with Gasteiger partial charge in [0.1, 0.15) is 0 Å².